The van der Waals surface area contributed by atoms with Crippen LogP contribution < -0.4 is 5.32 Å². The molecule has 1 aliphatic rings. The number of anilines is 1. The first-order valence-electron chi connectivity index (χ1n) is 8.36. The average Bonchev–Trinajstić information content (AvgIpc) is 3.10. The van der Waals surface area contributed by atoms with Gasteiger partial charge in [0.05, 0.1) is 5.69 Å². The van der Waals surface area contributed by atoms with E-state index in [-0.39, 0.29) is 11.8 Å². The summed E-state index contributed by atoms with van der Waals surface area (Å²) < 4.78 is 1.78. The highest BCUT2D eigenvalue weighted by molar-refractivity contribution is 5.92. The summed E-state index contributed by atoms with van der Waals surface area (Å²) in [7, 11) is 0. The van der Waals surface area contributed by atoms with Crippen LogP contribution in [0.3, 0.4) is 0 Å². The average molecular weight is 312 g/mol. The fourth-order valence-electron chi connectivity index (χ4n) is 3.03. The largest absolute Gasteiger partial charge is 0.326 e. The number of nitrogens with one attached hydrogen (secondary N) is 1. The Labute approximate surface area is 137 Å². The van der Waals surface area contributed by atoms with Crippen molar-refractivity contribution in [2.45, 2.75) is 26.2 Å². The smallest absolute Gasteiger partial charge is 0.228 e. The van der Waals surface area contributed by atoms with Crippen molar-refractivity contribution in [2.75, 3.05) is 25.0 Å². The van der Waals surface area contributed by atoms with Gasteiger partial charge in [0, 0.05) is 30.5 Å². The molecule has 2 heterocycles. The maximum Gasteiger partial charge on any atom is 0.228 e. The van der Waals surface area contributed by atoms with E-state index in [4.69, 9.17) is 0 Å². The summed E-state index contributed by atoms with van der Waals surface area (Å²) in [6.07, 6.45) is 7.45. The van der Waals surface area contributed by atoms with E-state index < -0.39 is 0 Å². The van der Waals surface area contributed by atoms with Crippen molar-refractivity contribution in [1.29, 1.82) is 0 Å². The third kappa shape index (κ3) is 4.20. The molecule has 1 atom stereocenters. The standard InChI is InChI=1S/C18H24N4O/c1-15(14-21-10-3-2-4-11-21)18(23)20-16-7-5-8-17(13-16)22-12-6-9-19-22/h5-9,12-13,15H,2-4,10-11,14H2,1H3,(H,20,23). The molecule has 1 aromatic heterocycles. The van der Waals surface area contributed by atoms with E-state index in [1.807, 2.05) is 43.5 Å². The van der Waals surface area contributed by atoms with Crippen LogP contribution in [0, 0.1) is 5.92 Å². The summed E-state index contributed by atoms with van der Waals surface area (Å²) in [4.78, 5) is 14.8. The lowest BCUT2D eigenvalue weighted by atomic mass is 10.1. The zero-order chi connectivity index (χ0) is 16.1. The van der Waals surface area contributed by atoms with Crippen molar-refractivity contribution in [3.8, 4) is 5.69 Å². The van der Waals surface area contributed by atoms with Crippen molar-refractivity contribution >= 4 is 11.6 Å². The number of carbonyl (C=O) groups excluding carboxylic acids is 1. The molecule has 1 aromatic carbocycles. The molecule has 2 aromatic rings. The number of aromatic nitrogens is 2. The summed E-state index contributed by atoms with van der Waals surface area (Å²) in [5.74, 6) is 0.0645. The molecule has 5 nitrogen and oxygen atoms in total. The number of hydrogen-bond donors (Lipinski definition) is 1. The quantitative estimate of drug-likeness (QED) is 0.923. The molecular weight excluding hydrogens is 288 g/mol. The molecule has 0 saturated carbocycles. The van der Waals surface area contributed by atoms with Gasteiger partial charge in [-0.3, -0.25) is 4.79 Å². The number of hydrogen-bond acceptors (Lipinski definition) is 3. The molecule has 122 valence electrons. The Morgan fingerprint density at radius 1 is 1.26 bits per heavy atom. The highest BCUT2D eigenvalue weighted by Gasteiger charge is 2.18. The van der Waals surface area contributed by atoms with E-state index >= 15 is 0 Å². The maximum absolute atomic E-state index is 12.4. The molecular formula is C18H24N4O. The topological polar surface area (TPSA) is 50.2 Å². The van der Waals surface area contributed by atoms with Crippen LogP contribution in [0.2, 0.25) is 0 Å². The summed E-state index contributed by atoms with van der Waals surface area (Å²) in [6.45, 7) is 5.07. The normalized spacial score (nSPS) is 16.9. The fraction of sp³-hybridized carbons (Fsp3) is 0.444. The summed E-state index contributed by atoms with van der Waals surface area (Å²) in [5, 5.41) is 7.24. The van der Waals surface area contributed by atoms with Crippen molar-refractivity contribution in [3.63, 3.8) is 0 Å². The minimum atomic E-state index is -0.0125. The zero-order valence-electron chi connectivity index (χ0n) is 13.6. The highest BCUT2D eigenvalue weighted by Crippen LogP contribution is 2.16. The number of carbonyl (C=O) groups is 1. The predicted octanol–water partition coefficient (Wildman–Crippen LogP) is 2.93. The molecule has 5 heteroatoms. The first kappa shape index (κ1) is 15.7. The van der Waals surface area contributed by atoms with Crippen LogP contribution in [-0.4, -0.2) is 40.2 Å². The first-order valence-corrected chi connectivity index (χ1v) is 8.36. The number of nitrogens with zero attached hydrogens (tertiary/aromatic N) is 3. The van der Waals surface area contributed by atoms with E-state index in [2.05, 4.69) is 15.3 Å². The van der Waals surface area contributed by atoms with E-state index in [1.165, 1.54) is 19.3 Å². The van der Waals surface area contributed by atoms with E-state index in [0.717, 1.165) is 31.0 Å². The number of benzene rings is 1. The molecule has 1 amide bonds. The second-order valence-electron chi connectivity index (χ2n) is 6.25. The molecule has 1 unspecified atom stereocenters. The lowest BCUT2D eigenvalue weighted by Crippen LogP contribution is -2.37. The molecule has 1 saturated heterocycles. The van der Waals surface area contributed by atoms with Gasteiger partial charge in [0.2, 0.25) is 5.91 Å². The maximum atomic E-state index is 12.4. The van der Waals surface area contributed by atoms with Crippen molar-refractivity contribution in [2.24, 2.45) is 5.92 Å². The fourth-order valence-corrected chi connectivity index (χ4v) is 3.03. The molecule has 3 rings (SSSR count). The van der Waals surface area contributed by atoms with Gasteiger partial charge in [-0.25, -0.2) is 4.68 Å². The lowest BCUT2D eigenvalue weighted by molar-refractivity contribution is -0.120. The van der Waals surface area contributed by atoms with Gasteiger partial charge in [0.1, 0.15) is 0 Å². The summed E-state index contributed by atoms with van der Waals surface area (Å²) in [6, 6.07) is 9.64. The van der Waals surface area contributed by atoms with Crippen LogP contribution in [0.15, 0.2) is 42.7 Å². The first-order chi connectivity index (χ1) is 11.2. The number of likely N-dealkylation sites (tertiary alicyclic amines) is 1. The van der Waals surface area contributed by atoms with Crippen LogP contribution >= 0.6 is 0 Å². The molecule has 0 radical (unpaired) electrons. The Bertz CT molecular complexity index is 632. The van der Waals surface area contributed by atoms with Gasteiger partial charge in [0.25, 0.3) is 0 Å². The third-order valence-corrected chi connectivity index (χ3v) is 4.31. The summed E-state index contributed by atoms with van der Waals surface area (Å²) in [5.41, 5.74) is 1.75. The molecule has 1 N–H and O–H groups in total. The Hall–Kier alpha value is -2.14. The Balaban J connectivity index is 1.59. The van der Waals surface area contributed by atoms with Gasteiger partial charge in [-0.1, -0.05) is 19.4 Å². The van der Waals surface area contributed by atoms with Crippen LogP contribution in [0.1, 0.15) is 26.2 Å². The number of rotatable bonds is 5. The van der Waals surface area contributed by atoms with Crippen molar-refractivity contribution < 1.29 is 4.79 Å². The minimum absolute atomic E-state index is 0.0125. The molecule has 0 spiro atoms. The number of piperidine rings is 1. The van der Waals surface area contributed by atoms with E-state index in [9.17, 15) is 4.79 Å². The van der Waals surface area contributed by atoms with Crippen LogP contribution in [0.4, 0.5) is 5.69 Å². The van der Waals surface area contributed by atoms with E-state index in [0.29, 0.717) is 0 Å². The third-order valence-electron chi connectivity index (χ3n) is 4.31. The molecule has 0 aliphatic carbocycles. The monoisotopic (exact) mass is 312 g/mol. The van der Waals surface area contributed by atoms with Crippen LogP contribution in [-0.2, 0) is 4.79 Å². The SMILES string of the molecule is CC(CN1CCCCC1)C(=O)Nc1cccc(-n2cccn2)c1. The number of amides is 1. The molecule has 0 bridgehead atoms. The molecule has 1 fully saturated rings. The lowest BCUT2D eigenvalue weighted by Gasteiger charge is -2.28. The highest BCUT2D eigenvalue weighted by atomic mass is 16.1. The second kappa shape index (κ2) is 7.42. The van der Waals surface area contributed by atoms with Gasteiger partial charge < -0.3 is 10.2 Å². The molecule has 23 heavy (non-hydrogen) atoms. The van der Waals surface area contributed by atoms with Crippen molar-refractivity contribution in [1.82, 2.24) is 14.7 Å². The Kier molecular flexibility index (Phi) is 5.08. The zero-order valence-corrected chi connectivity index (χ0v) is 13.6. The predicted molar refractivity (Wildman–Crippen MR) is 91.6 cm³/mol. The van der Waals surface area contributed by atoms with E-state index in [1.54, 1.807) is 10.9 Å². The van der Waals surface area contributed by atoms with Crippen LogP contribution in [0.25, 0.3) is 5.69 Å². The Morgan fingerprint density at radius 3 is 2.83 bits per heavy atom. The van der Waals surface area contributed by atoms with Gasteiger partial charge in [-0.15, -0.1) is 0 Å². The van der Waals surface area contributed by atoms with Gasteiger partial charge in [-0.2, -0.15) is 5.10 Å². The van der Waals surface area contributed by atoms with Crippen molar-refractivity contribution in [3.05, 3.63) is 42.7 Å². The van der Waals surface area contributed by atoms with Crippen LogP contribution in [0.5, 0.6) is 0 Å². The molecule has 1 aliphatic heterocycles. The van der Waals surface area contributed by atoms with Gasteiger partial charge in [0.15, 0.2) is 0 Å². The van der Waals surface area contributed by atoms with Gasteiger partial charge >= 0.3 is 0 Å². The van der Waals surface area contributed by atoms with Gasteiger partial charge in [-0.05, 0) is 50.2 Å². The second-order valence-corrected chi connectivity index (χ2v) is 6.25. The Morgan fingerprint density at radius 2 is 2.09 bits per heavy atom. The minimum Gasteiger partial charge on any atom is -0.326 e. The summed E-state index contributed by atoms with van der Waals surface area (Å²) >= 11 is 0.